The average molecular weight is 296 g/mol. The molecule has 1 aromatic carbocycles. The monoisotopic (exact) mass is 296 g/mol. The highest BCUT2D eigenvalue weighted by Gasteiger charge is 2.33. The van der Waals surface area contributed by atoms with Gasteiger partial charge in [-0.3, -0.25) is 0 Å². The van der Waals surface area contributed by atoms with Gasteiger partial charge in [0.05, 0.1) is 18.1 Å². The van der Waals surface area contributed by atoms with E-state index in [-0.39, 0.29) is 23.2 Å². The molecule has 1 aliphatic heterocycles. The summed E-state index contributed by atoms with van der Waals surface area (Å²) in [4.78, 5) is 11.9. The second-order valence-corrected chi connectivity index (χ2v) is 5.28. The molecule has 0 aliphatic carbocycles. The first-order chi connectivity index (χ1) is 9.52. The summed E-state index contributed by atoms with van der Waals surface area (Å²) in [5, 5.41) is 0.143. The van der Waals surface area contributed by atoms with E-state index in [1.165, 1.54) is 0 Å². The summed E-state index contributed by atoms with van der Waals surface area (Å²) >= 11 is 4.78. The molecule has 0 aromatic heterocycles. The Hall–Kier alpha value is -1.82. The number of carbonyl (C=O) groups excluding carboxylic acids is 1. The highest BCUT2D eigenvalue weighted by atomic mass is 32.1. The zero-order valence-corrected chi connectivity index (χ0v) is 12.2. The molecule has 2 rings (SSSR count). The SMILES string of the molecule is COc1ccc(C(=O)OCC2(C)COC(=S)OC2)cc1. The third kappa shape index (κ3) is 3.60. The smallest absolute Gasteiger partial charge is 0.352 e. The molecular weight excluding hydrogens is 280 g/mol. The molecule has 0 spiro atoms. The first kappa shape index (κ1) is 14.6. The van der Waals surface area contributed by atoms with Crippen LogP contribution in [0.4, 0.5) is 0 Å². The normalized spacial score (nSPS) is 16.8. The minimum absolute atomic E-state index is 0.143. The third-order valence-electron chi connectivity index (χ3n) is 2.95. The zero-order chi connectivity index (χ0) is 14.6. The van der Waals surface area contributed by atoms with Gasteiger partial charge in [-0.2, -0.15) is 0 Å². The molecular formula is C14H16O5S. The Morgan fingerprint density at radius 1 is 1.30 bits per heavy atom. The van der Waals surface area contributed by atoms with Crippen molar-refractivity contribution < 1.29 is 23.7 Å². The van der Waals surface area contributed by atoms with E-state index in [1.54, 1.807) is 31.4 Å². The fourth-order valence-electron chi connectivity index (χ4n) is 1.68. The molecule has 0 N–H and O–H groups in total. The van der Waals surface area contributed by atoms with Gasteiger partial charge in [-0.15, -0.1) is 0 Å². The van der Waals surface area contributed by atoms with E-state index in [1.807, 2.05) is 6.92 Å². The van der Waals surface area contributed by atoms with Crippen molar-refractivity contribution >= 4 is 23.4 Å². The molecule has 1 aliphatic rings. The lowest BCUT2D eigenvalue weighted by molar-refractivity contribution is -0.0399. The number of rotatable bonds is 4. The van der Waals surface area contributed by atoms with E-state index in [4.69, 9.17) is 31.2 Å². The van der Waals surface area contributed by atoms with Crippen LogP contribution < -0.4 is 4.74 Å². The number of ether oxygens (including phenoxy) is 4. The van der Waals surface area contributed by atoms with Crippen LogP contribution in [0.5, 0.6) is 5.75 Å². The van der Waals surface area contributed by atoms with E-state index in [0.29, 0.717) is 24.5 Å². The summed E-state index contributed by atoms with van der Waals surface area (Å²) in [5.74, 6) is 0.304. The molecule has 0 amide bonds. The van der Waals surface area contributed by atoms with E-state index in [2.05, 4.69) is 0 Å². The topological polar surface area (TPSA) is 54.0 Å². The van der Waals surface area contributed by atoms with Crippen molar-refractivity contribution in [2.24, 2.45) is 5.41 Å². The number of methoxy groups -OCH3 is 1. The molecule has 0 unspecified atom stereocenters. The molecule has 0 atom stereocenters. The van der Waals surface area contributed by atoms with Crippen molar-refractivity contribution in [3.63, 3.8) is 0 Å². The number of carbonyl (C=O) groups is 1. The number of benzene rings is 1. The lowest BCUT2D eigenvalue weighted by Crippen LogP contribution is -2.40. The molecule has 0 saturated carbocycles. The van der Waals surface area contributed by atoms with Crippen LogP contribution in [0.2, 0.25) is 0 Å². The first-order valence-electron chi connectivity index (χ1n) is 6.13. The second-order valence-electron chi connectivity index (χ2n) is 4.94. The van der Waals surface area contributed by atoms with Crippen molar-refractivity contribution in [2.75, 3.05) is 26.9 Å². The van der Waals surface area contributed by atoms with Gasteiger partial charge in [0.15, 0.2) is 0 Å². The Morgan fingerprint density at radius 3 is 2.45 bits per heavy atom. The number of hydrogen-bond donors (Lipinski definition) is 0. The van der Waals surface area contributed by atoms with Gasteiger partial charge in [0.1, 0.15) is 25.6 Å². The Kier molecular flexibility index (Phi) is 4.44. The van der Waals surface area contributed by atoms with Gasteiger partial charge in [-0.1, -0.05) is 0 Å². The van der Waals surface area contributed by atoms with Crippen LogP contribution in [-0.4, -0.2) is 38.1 Å². The Morgan fingerprint density at radius 2 is 1.90 bits per heavy atom. The lowest BCUT2D eigenvalue weighted by atomic mass is 9.94. The van der Waals surface area contributed by atoms with Crippen LogP contribution in [0.15, 0.2) is 24.3 Å². The Balaban J connectivity index is 1.89. The maximum atomic E-state index is 11.9. The molecule has 1 heterocycles. The molecule has 20 heavy (non-hydrogen) atoms. The number of esters is 1. The quantitative estimate of drug-likeness (QED) is 0.627. The fourth-order valence-corrected chi connectivity index (χ4v) is 1.80. The highest BCUT2D eigenvalue weighted by molar-refractivity contribution is 7.79. The van der Waals surface area contributed by atoms with E-state index in [9.17, 15) is 4.79 Å². The predicted octanol–water partition coefficient (Wildman–Crippen LogP) is 2.19. The van der Waals surface area contributed by atoms with E-state index >= 15 is 0 Å². The molecule has 108 valence electrons. The van der Waals surface area contributed by atoms with Gasteiger partial charge >= 0.3 is 11.2 Å². The van der Waals surface area contributed by atoms with Crippen LogP contribution in [0.25, 0.3) is 0 Å². The van der Waals surface area contributed by atoms with E-state index < -0.39 is 0 Å². The van der Waals surface area contributed by atoms with Crippen molar-refractivity contribution in [3.05, 3.63) is 29.8 Å². The standard InChI is InChI=1S/C14H16O5S/c1-14(8-18-13(20)19-9-14)7-17-12(15)10-3-5-11(16-2)6-4-10/h3-6H,7-9H2,1-2H3. The Bertz CT molecular complexity index is 487. The molecule has 1 aromatic rings. The number of hydrogen-bond acceptors (Lipinski definition) is 6. The summed E-state index contributed by atoms with van der Waals surface area (Å²) < 4.78 is 20.7. The maximum absolute atomic E-state index is 11.9. The molecule has 1 fully saturated rings. The van der Waals surface area contributed by atoms with Crippen LogP contribution in [-0.2, 0) is 14.2 Å². The second kappa shape index (κ2) is 6.09. The maximum Gasteiger partial charge on any atom is 0.352 e. The van der Waals surface area contributed by atoms with Crippen molar-refractivity contribution in [1.29, 1.82) is 0 Å². The molecule has 5 nitrogen and oxygen atoms in total. The Labute approximate surface area is 122 Å². The van der Waals surface area contributed by atoms with Crippen LogP contribution in [0.1, 0.15) is 17.3 Å². The van der Waals surface area contributed by atoms with E-state index in [0.717, 1.165) is 0 Å². The largest absolute Gasteiger partial charge is 0.497 e. The van der Waals surface area contributed by atoms with Crippen LogP contribution >= 0.6 is 12.2 Å². The summed E-state index contributed by atoms with van der Waals surface area (Å²) in [5.41, 5.74) is 0.0901. The minimum atomic E-state index is -0.387. The average Bonchev–Trinajstić information content (AvgIpc) is 2.48. The van der Waals surface area contributed by atoms with Crippen molar-refractivity contribution in [3.8, 4) is 5.75 Å². The summed E-state index contributed by atoms with van der Waals surface area (Å²) in [7, 11) is 1.57. The number of thiocarbonyl (C=S) groups is 1. The summed E-state index contributed by atoms with van der Waals surface area (Å²) in [6.07, 6.45) is 0. The van der Waals surface area contributed by atoms with Gasteiger partial charge in [0.2, 0.25) is 0 Å². The lowest BCUT2D eigenvalue weighted by Gasteiger charge is -2.32. The van der Waals surface area contributed by atoms with Gasteiger partial charge in [-0.05, 0) is 31.2 Å². The summed E-state index contributed by atoms with van der Waals surface area (Å²) in [6, 6.07) is 6.74. The third-order valence-corrected chi connectivity index (χ3v) is 3.19. The molecule has 1 saturated heterocycles. The summed E-state index contributed by atoms with van der Waals surface area (Å²) in [6.45, 7) is 2.88. The highest BCUT2D eigenvalue weighted by Crippen LogP contribution is 2.23. The van der Waals surface area contributed by atoms with Gasteiger partial charge in [0, 0.05) is 12.2 Å². The first-order valence-corrected chi connectivity index (χ1v) is 6.54. The van der Waals surface area contributed by atoms with Gasteiger partial charge in [0.25, 0.3) is 0 Å². The fraction of sp³-hybridized carbons (Fsp3) is 0.429. The molecule has 6 heteroatoms. The van der Waals surface area contributed by atoms with Gasteiger partial charge in [-0.25, -0.2) is 4.79 Å². The zero-order valence-electron chi connectivity index (χ0n) is 11.4. The minimum Gasteiger partial charge on any atom is -0.497 e. The van der Waals surface area contributed by atoms with Crippen LogP contribution in [0.3, 0.4) is 0 Å². The van der Waals surface area contributed by atoms with Crippen molar-refractivity contribution in [1.82, 2.24) is 0 Å². The van der Waals surface area contributed by atoms with Gasteiger partial charge < -0.3 is 18.9 Å². The van der Waals surface area contributed by atoms with Crippen LogP contribution in [0, 0.1) is 5.41 Å². The van der Waals surface area contributed by atoms with Crippen molar-refractivity contribution in [2.45, 2.75) is 6.92 Å². The molecule has 0 bridgehead atoms. The predicted molar refractivity (Wildman–Crippen MR) is 75.9 cm³/mol. The molecule has 0 radical (unpaired) electrons.